The zero-order valence-electron chi connectivity index (χ0n) is 13.9. The van der Waals surface area contributed by atoms with E-state index in [1.807, 2.05) is 18.4 Å². The van der Waals surface area contributed by atoms with Crippen molar-refractivity contribution < 1.29 is 4.74 Å². The molecule has 1 saturated heterocycles. The molecule has 4 heteroatoms. The van der Waals surface area contributed by atoms with Crippen LogP contribution in [0.15, 0.2) is 12.1 Å². The molecule has 120 valence electrons. The highest BCUT2D eigenvalue weighted by Crippen LogP contribution is 2.26. The van der Waals surface area contributed by atoms with Gasteiger partial charge in [-0.15, -0.1) is 11.3 Å². The number of nitrogens with one attached hydrogen (secondary N) is 1. The zero-order chi connectivity index (χ0) is 15.3. The Bertz CT molecular complexity index is 432. The molecule has 0 bridgehead atoms. The highest BCUT2D eigenvalue weighted by atomic mass is 32.1. The summed E-state index contributed by atoms with van der Waals surface area (Å²) in [4.78, 5) is 5.44. The molecule has 1 unspecified atom stereocenters. The fourth-order valence-electron chi connectivity index (χ4n) is 2.92. The van der Waals surface area contributed by atoms with Gasteiger partial charge in [0.15, 0.2) is 0 Å². The Morgan fingerprint density at radius 2 is 2.14 bits per heavy atom. The molecule has 0 aliphatic carbocycles. The molecular weight excluding hydrogens is 280 g/mol. The van der Waals surface area contributed by atoms with Gasteiger partial charge in [-0.3, -0.25) is 4.90 Å². The second-order valence-electron chi connectivity index (χ2n) is 6.86. The highest BCUT2D eigenvalue weighted by molar-refractivity contribution is 7.11. The van der Waals surface area contributed by atoms with E-state index in [1.54, 1.807) is 0 Å². The molecular formula is C17H30N2OS. The first-order chi connectivity index (χ1) is 10.0. The summed E-state index contributed by atoms with van der Waals surface area (Å²) in [6, 6.07) is 4.56. The minimum absolute atomic E-state index is 0.0388. The smallest absolute Gasteiger partial charge is 0.0777 e. The lowest BCUT2D eigenvalue weighted by Gasteiger charge is -2.39. The van der Waals surface area contributed by atoms with E-state index < -0.39 is 0 Å². The van der Waals surface area contributed by atoms with Crippen LogP contribution < -0.4 is 5.32 Å². The Labute approximate surface area is 133 Å². The van der Waals surface area contributed by atoms with Crippen molar-refractivity contribution in [3.8, 4) is 0 Å². The van der Waals surface area contributed by atoms with E-state index in [9.17, 15) is 0 Å². The predicted molar refractivity (Wildman–Crippen MR) is 90.8 cm³/mol. The van der Waals surface area contributed by atoms with Crippen molar-refractivity contribution in [1.29, 1.82) is 0 Å². The number of piperidine rings is 1. The van der Waals surface area contributed by atoms with Crippen molar-refractivity contribution in [1.82, 2.24) is 10.2 Å². The van der Waals surface area contributed by atoms with Crippen molar-refractivity contribution in [2.24, 2.45) is 5.92 Å². The molecule has 1 N–H and O–H groups in total. The molecule has 1 fully saturated rings. The molecule has 0 radical (unpaired) electrons. The summed E-state index contributed by atoms with van der Waals surface area (Å²) in [5, 5.41) is 3.52. The lowest BCUT2D eigenvalue weighted by atomic mass is 9.95. The minimum atomic E-state index is 0.0388. The number of likely N-dealkylation sites (tertiary alicyclic amines) is 1. The quantitative estimate of drug-likeness (QED) is 0.834. The van der Waals surface area contributed by atoms with E-state index >= 15 is 0 Å². The van der Waals surface area contributed by atoms with Gasteiger partial charge >= 0.3 is 0 Å². The summed E-state index contributed by atoms with van der Waals surface area (Å²) in [5.74, 6) is 0.713. The molecule has 0 aromatic carbocycles. The molecule has 2 rings (SSSR count). The minimum Gasteiger partial charge on any atom is -0.377 e. The maximum atomic E-state index is 5.68. The van der Waals surface area contributed by atoms with Crippen LogP contribution in [0.25, 0.3) is 0 Å². The first kappa shape index (κ1) is 16.9. The summed E-state index contributed by atoms with van der Waals surface area (Å²) in [7, 11) is 1.84. The summed E-state index contributed by atoms with van der Waals surface area (Å²) < 4.78 is 5.68. The first-order valence-corrected chi connectivity index (χ1v) is 8.88. The number of ether oxygens (including phenoxy) is 1. The van der Waals surface area contributed by atoms with Crippen molar-refractivity contribution >= 4 is 11.3 Å². The number of hydrogen-bond donors (Lipinski definition) is 1. The SMILES string of the molecule is COC1(C)CCCN(Cc2ccc(CNCC(C)C)s2)C1. The number of thiophene rings is 1. The second kappa shape index (κ2) is 7.73. The van der Waals surface area contributed by atoms with Gasteiger partial charge in [-0.05, 0) is 50.9 Å². The molecule has 0 saturated carbocycles. The summed E-state index contributed by atoms with van der Waals surface area (Å²) in [6.07, 6.45) is 2.41. The Morgan fingerprint density at radius 1 is 1.38 bits per heavy atom. The fourth-order valence-corrected chi connectivity index (χ4v) is 3.95. The number of methoxy groups -OCH3 is 1. The molecule has 2 heterocycles. The Kier molecular flexibility index (Phi) is 6.23. The van der Waals surface area contributed by atoms with E-state index in [1.165, 1.54) is 29.1 Å². The van der Waals surface area contributed by atoms with E-state index in [0.717, 1.165) is 26.2 Å². The maximum Gasteiger partial charge on any atom is 0.0777 e. The standard InChI is InChI=1S/C17H30N2OS/c1-14(2)10-18-11-15-6-7-16(21-15)12-19-9-5-8-17(3,13-19)20-4/h6-7,14,18H,5,8-13H2,1-4H3. The zero-order valence-corrected chi connectivity index (χ0v) is 14.8. The molecule has 1 aliphatic rings. The van der Waals surface area contributed by atoms with Crippen LogP contribution in [0, 0.1) is 5.92 Å². The Morgan fingerprint density at radius 3 is 2.86 bits per heavy atom. The second-order valence-corrected chi connectivity index (χ2v) is 8.11. The van der Waals surface area contributed by atoms with Crippen molar-refractivity contribution in [3.05, 3.63) is 21.9 Å². The predicted octanol–water partition coefficient (Wildman–Crippen LogP) is 3.49. The van der Waals surface area contributed by atoms with Crippen LogP contribution in [-0.2, 0) is 17.8 Å². The Hall–Kier alpha value is -0.420. The largest absolute Gasteiger partial charge is 0.377 e. The van der Waals surface area contributed by atoms with Crippen LogP contribution in [0.1, 0.15) is 43.4 Å². The van der Waals surface area contributed by atoms with E-state index in [4.69, 9.17) is 4.74 Å². The third-order valence-corrected chi connectivity index (χ3v) is 5.25. The first-order valence-electron chi connectivity index (χ1n) is 8.06. The number of hydrogen-bond acceptors (Lipinski definition) is 4. The van der Waals surface area contributed by atoms with Gasteiger partial charge in [-0.25, -0.2) is 0 Å². The summed E-state index contributed by atoms with van der Waals surface area (Å²) in [5.41, 5.74) is 0.0388. The van der Waals surface area contributed by atoms with Gasteiger partial charge < -0.3 is 10.1 Å². The molecule has 0 spiro atoms. The fraction of sp³-hybridized carbons (Fsp3) is 0.765. The van der Waals surface area contributed by atoms with Crippen molar-refractivity contribution in [2.75, 3.05) is 26.7 Å². The molecule has 1 aliphatic heterocycles. The van der Waals surface area contributed by atoms with Crippen LogP contribution >= 0.6 is 11.3 Å². The molecule has 1 aromatic heterocycles. The van der Waals surface area contributed by atoms with Crippen LogP contribution in [0.4, 0.5) is 0 Å². The monoisotopic (exact) mass is 310 g/mol. The van der Waals surface area contributed by atoms with Crippen LogP contribution in [0.3, 0.4) is 0 Å². The van der Waals surface area contributed by atoms with Gasteiger partial charge in [0.1, 0.15) is 0 Å². The average Bonchev–Trinajstić information content (AvgIpc) is 2.86. The summed E-state index contributed by atoms with van der Waals surface area (Å²) >= 11 is 1.94. The van der Waals surface area contributed by atoms with Crippen LogP contribution in [-0.4, -0.2) is 37.2 Å². The van der Waals surface area contributed by atoms with Gasteiger partial charge in [0.2, 0.25) is 0 Å². The number of rotatable bonds is 7. The topological polar surface area (TPSA) is 24.5 Å². The van der Waals surface area contributed by atoms with Crippen LogP contribution in [0.5, 0.6) is 0 Å². The number of nitrogens with zero attached hydrogens (tertiary/aromatic N) is 1. The van der Waals surface area contributed by atoms with E-state index in [-0.39, 0.29) is 5.60 Å². The normalized spacial score (nSPS) is 23.9. The van der Waals surface area contributed by atoms with Crippen LogP contribution in [0.2, 0.25) is 0 Å². The van der Waals surface area contributed by atoms with Gasteiger partial charge in [-0.2, -0.15) is 0 Å². The maximum absolute atomic E-state index is 5.68. The van der Waals surface area contributed by atoms with Gasteiger partial charge in [0, 0.05) is 36.5 Å². The third-order valence-electron chi connectivity index (χ3n) is 4.18. The molecule has 1 atom stereocenters. The third kappa shape index (κ3) is 5.37. The lowest BCUT2D eigenvalue weighted by molar-refractivity contribution is -0.0524. The summed E-state index contributed by atoms with van der Waals surface area (Å²) in [6.45, 7) is 12.1. The Balaban J connectivity index is 1.82. The van der Waals surface area contributed by atoms with E-state index in [0.29, 0.717) is 5.92 Å². The van der Waals surface area contributed by atoms with Crippen molar-refractivity contribution in [3.63, 3.8) is 0 Å². The highest BCUT2D eigenvalue weighted by Gasteiger charge is 2.30. The van der Waals surface area contributed by atoms with Crippen molar-refractivity contribution in [2.45, 2.75) is 52.3 Å². The molecule has 3 nitrogen and oxygen atoms in total. The van der Waals surface area contributed by atoms with Gasteiger partial charge in [0.25, 0.3) is 0 Å². The molecule has 1 aromatic rings. The van der Waals surface area contributed by atoms with Gasteiger partial charge in [-0.1, -0.05) is 13.8 Å². The lowest BCUT2D eigenvalue weighted by Crippen LogP contribution is -2.46. The molecule has 0 amide bonds. The van der Waals surface area contributed by atoms with Gasteiger partial charge in [0.05, 0.1) is 5.60 Å². The average molecular weight is 311 g/mol. The van der Waals surface area contributed by atoms with E-state index in [2.05, 4.69) is 43.1 Å². The molecule has 21 heavy (non-hydrogen) atoms.